The number of hydrogen-bond donors (Lipinski definition) is 2. The Kier molecular flexibility index (Phi) is 10.1. The fraction of sp³-hybridized carbons (Fsp3) is 0.611. The Morgan fingerprint density at radius 3 is 2.71 bits per heavy atom. The molecule has 2 N–H and O–H groups in total. The fourth-order valence-corrected chi connectivity index (χ4v) is 2.46. The molecule has 2 rings (SSSR count). The molecule has 0 amide bonds. The molecular formula is C18H30IN3O2. The van der Waals surface area contributed by atoms with Crippen molar-refractivity contribution in [2.45, 2.75) is 45.8 Å². The van der Waals surface area contributed by atoms with Gasteiger partial charge in [0.15, 0.2) is 5.96 Å². The van der Waals surface area contributed by atoms with Gasteiger partial charge in [0, 0.05) is 19.7 Å². The van der Waals surface area contributed by atoms with Gasteiger partial charge >= 0.3 is 0 Å². The van der Waals surface area contributed by atoms with Crippen LogP contribution in [-0.4, -0.2) is 44.4 Å². The van der Waals surface area contributed by atoms with Crippen LogP contribution in [0.2, 0.25) is 0 Å². The highest BCUT2D eigenvalue weighted by Crippen LogP contribution is 2.13. The highest BCUT2D eigenvalue weighted by molar-refractivity contribution is 14.0. The number of nitrogens with zero attached hydrogens (tertiary/aromatic N) is 1. The van der Waals surface area contributed by atoms with Crippen LogP contribution in [0.5, 0.6) is 5.75 Å². The first-order chi connectivity index (χ1) is 11.2. The molecule has 1 saturated heterocycles. The molecule has 0 aromatic heterocycles. The Morgan fingerprint density at radius 1 is 1.33 bits per heavy atom. The van der Waals surface area contributed by atoms with Crippen LogP contribution in [0.15, 0.2) is 29.3 Å². The SMILES string of the molecule is CCNC(=NCC(C)Oc1ccc(C)cc1)NCC1CCCO1.I. The molecule has 1 aromatic rings. The smallest absolute Gasteiger partial charge is 0.191 e. The Hall–Kier alpha value is -1.02. The number of aliphatic imine (C=N–C) groups is 1. The van der Waals surface area contributed by atoms with Gasteiger partial charge in [-0.05, 0) is 45.7 Å². The number of halogens is 1. The van der Waals surface area contributed by atoms with E-state index in [0.717, 1.165) is 44.2 Å². The molecule has 1 fully saturated rings. The average Bonchev–Trinajstić information content (AvgIpc) is 3.06. The number of hydrogen-bond acceptors (Lipinski definition) is 3. The zero-order valence-electron chi connectivity index (χ0n) is 14.9. The minimum absolute atomic E-state index is 0. The third-order valence-electron chi connectivity index (χ3n) is 3.73. The Morgan fingerprint density at radius 2 is 2.08 bits per heavy atom. The molecule has 0 spiro atoms. The predicted octanol–water partition coefficient (Wildman–Crippen LogP) is 3.11. The zero-order valence-corrected chi connectivity index (χ0v) is 17.2. The van der Waals surface area contributed by atoms with Gasteiger partial charge in [-0.2, -0.15) is 0 Å². The van der Waals surface area contributed by atoms with Crippen molar-refractivity contribution in [3.63, 3.8) is 0 Å². The van der Waals surface area contributed by atoms with E-state index in [0.29, 0.717) is 12.6 Å². The Balaban J connectivity index is 0.00000288. The average molecular weight is 447 g/mol. The van der Waals surface area contributed by atoms with Crippen LogP contribution in [0.1, 0.15) is 32.3 Å². The molecule has 5 nitrogen and oxygen atoms in total. The topological polar surface area (TPSA) is 54.9 Å². The van der Waals surface area contributed by atoms with Crippen LogP contribution in [0.4, 0.5) is 0 Å². The van der Waals surface area contributed by atoms with Crippen LogP contribution in [0.25, 0.3) is 0 Å². The Bertz CT molecular complexity index is 488. The first kappa shape index (κ1) is 21.0. The van der Waals surface area contributed by atoms with Crippen LogP contribution in [0.3, 0.4) is 0 Å². The molecule has 0 saturated carbocycles. The van der Waals surface area contributed by atoms with Gasteiger partial charge in [-0.25, -0.2) is 4.99 Å². The first-order valence-corrected chi connectivity index (χ1v) is 8.54. The van der Waals surface area contributed by atoms with Crippen molar-refractivity contribution in [1.82, 2.24) is 10.6 Å². The molecule has 2 unspecified atom stereocenters. The van der Waals surface area contributed by atoms with E-state index in [2.05, 4.69) is 41.6 Å². The van der Waals surface area contributed by atoms with Gasteiger partial charge < -0.3 is 20.1 Å². The molecular weight excluding hydrogens is 417 g/mol. The summed E-state index contributed by atoms with van der Waals surface area (Å²) in [5, 5.41) is 6.61. The van der Waals surface area contributed by atoms with E-state index in [1.165, 1.54) is 5.56 Å². The summed E-state index contributed by atoms with van der Waals surface area (Å²) in [6.07, 6.45) is 2.61. The van der Waals surface area contributed by atoms with Crippen LogP contribution >= 0.6 is 24.0 Å². The van der Waals surface area contributed by atoms with E-state index in [4.69, 9.17) is 9.47 Å². The third kappa shape index (κ3) is 7.70. The third-order valence-corrected chi connectivity index (χ3v) is 3.73. The highest BCUT2D eigenvalue weighted by atomic mass is 127. The number of ether oxygens (including phenoxy) is 2. The maximum atomic E-state index is 5.89. The van der Waals surface area contributed by atoms with E-state index in [1.54, 1.807) is 0 Å². The summed E-state index contributed by atoms with van der Waals surface area (Å²) in [5.41, 5.74) is 1.23. The molecule has 1 aliphatic heterocycles. The van der Waals surface area contributed by atoms with Gasteiger partial charge in [0.25, 0.3) is 0 Å². The first-order valence-electron chi connectivity index (χ1n) is 8.54. The maximum absolute atomic E-state index is 5.89. The summed E-state index contributed by atoms with van der Waals surface area (Å²) in [5.74, 6) is 1.71. The van der Waals surface area contributed by atoms with Crippen molar-refractivity contribution in [1.29, 1.82) is 0 Å². The van der Waals surface area contributed by atoms with Crippen LogP contribution in [0, 0.1) is 6.92 Å². The van der Waals surface area contributed by atoms with E-state index < -0.39 is 0 Å². The van der Waals surface area contributed by atoms with Crippen molar-refractivity contribution < 1.29 is 9.47 Å². The van der Waals surface area contributed by atoms with E-state index >= 15 is 0 Å². The quantitative estimate of drug-likeness (QED) is 0.383. The summed E-state index contributed by atoms with van der Waals surface area (Å²) in [4.78, 5) is 4.60. The molecule has 1 heterocycles. The molecule has 1 aliphatic rings. The summed E-state index contributed by atoms with van der Waals surface area (Å²) in [6, 6.07) is 8.10. The second kappa shape index (κ2) is 11.5. The predicted molar refractivity (Wildman–Crippen MR) is 110 cm³/mol. The highest BCUT2D eigenvalue weighted by Gasteiger charge is 2.15. The molecule has 136 valence electrons. The fourth-order valence-electron chi connectivity index (χ4n) is 2.46. The van der Waals surface area contributed by atoms with Crippen molar-refractivity contribution >= 4 is 29.9 Å². The van der Waals surface area contributed by atoms with Gasteiger partial charge in [0.05, 0.1) is 12.6 Å². The second-order valence-electron chi connectivity index (χ2n) is 5.98. The molecule has 0 aliphatic carbocycles. The zero-order chi connectivity index (χ0) is 16.5. The maximum Gasteiger partial charge on any atom is 0.191 e. The normalized spacial score (nSPS) is 18.6. The minimum atomic E-state index is 0. The molecule has 0 radical (unpaired) electrons. The summed E-state index contributed by atoms with van der Waals surface area (Å²) in [6.45, 7) is 9.29. The lowest BCUT2D eigenvalue weighted by Gasteiger charge is -2.17. The van der Waals surface area contributed by atoms with Gasteiger partial charge in [0.2, 0.25) is 0 Å². The Labute approximate surface area is 162 Å². The lowest BCUT2D eigenvalue weighted by molar-refractivity contribution is 0.113. The molecule has 6 heteroatoms. The van der Waals surface area contributed by atoms with Crippen LogP contribution in [-0.2, 0) is 4.74 Å². The molecule has 2 atom stereocenters. The number of aryl methyl sites for hydroxylation is 1. The number of rotatable bonds is 7. The van der Waals surface area contributed by atoms with Crippen molar-refractivity contribution in [3.8, 4) is 5.75 Å². The lowest BCUT2D eigenvalue weighted by Crippen LogP contribution is -2.41. The van der Waals surface area contributed by atoms with E-state index in [9.17, 15) is 0 Å². The molecule has 0 bridgehead atoms. The standard InChI is InChI=1S/C18H29N3O2.HI/c1-4-19-18(21-13-17-6-5-11-22-17)20-12-15(3)23-16-9-7-14(2)8-10-16;/h7-10,15,17H,4-6,11-13H2,1-3H3,(H2,19,20,21);1H. The number of benzene rings is 1. The second-order valence-corrected chi connectivity index (χ2v) is 5.98. The van der Waals surface area contributed by atoms with E-state index in [-0.39, 0.29) is 30.1 Å². The van der Waals surface area contributed by atoms with Crippen molar-refractivity contribution in [2.24, 2.45) is 4.99 Å². The summed E-state index contributed by atoms with van der Waals surface area (Å²) >= 11 is 0. The monoisotopic (exact) mass is 447 g/mol. The van der Waals surface area contributed by atoms with Crippen molar-refractivity contribution in [2.75, 3.05) is 26.2 Å². The molecule has 24 heavy (non-hydrogen) atoms. The van der Waals surface area contributed by atoms with Crippen molar-refractivity contribution in [3.05, 3.63) is 29.8 Å². The number of guanidine groups is 1. The van der Waals surface area contributed by atoms with Crippen LogP contribution < -0.4 is 15.4 Å². The van der Waals surface area contributed by atoms with Gasteiger partial charge in [-0.1, -0.05) is 17.7 Å². The minimum Gasteiger partial charge on any atom is -0.489 e. The van der Waals surface area contributed by atoms with Gasteiger partial charge in [0.1, 0.15) is 11.9 Å². The summed E-state index contributed by atoms with van der Waals surface area (Å²) < 4.78 is 11.5. The van der Waals surface area contributed by atoms with Gasteiger partial charge in [-0.3, -0.25) is 0 Å². The number of nitrogens with one attached hydrogen (secondary N) is 2. The lowest BCUT2D eigenvalue weighted by atomic mass is 10.2. The molecule has 1 aromatic carbocycles. The largest absolute Gasteiger partial charge is 0.489 e. The van der Waals surface area contributed by atoms with E-state index in [1.807, 2.05) is 19.1 Å². The summed E-state index contributed by atoms with van der Waals surface area (Å²) in [7, 11) is 0. The van der Waals surface area contributed by atoms with Gasteiger partial charge in [-0.15, -0.1) is 24.0 Å².